The average Bonchev–Trinajstić information content (AvgIpc) is 1.87. The molecule has 0 spiro atoms. The van der Waals surface area contributed by atoms with Crippen molar-refractivity contribution in [3.8, 4) is 0 Å². The molecule has 60 valence electrons. The van der Waals surface area contributed by atoms with Crippen LogP contribution in [0.4, 0.5) is 0 Å². The molecule has 4 N–H and O–H groups in total. The summed E-state index contributed by atoms with van der Waals surface area (Å²) >= 11 is 0. The van der Waals surface area contributed by atoms with Gasteiger partial charge in [-0.05, 0) is 13.0 Å². The minimum absolute atomic E-state index is 0.0706. The van der Waals surface area contributed by atoms with Gasteiger partial charge in [0, 0.05) is 11.1 Å². The molecule has 0 unspecified atom stereocenters. The maximum Gasteiger partial charge on any atom is 0.248 e. The third-order valence-corrected chi connectivity index (χ3v) is 1.10. The highest BCUT2D eigenvalue weighted by Gasteiger charge is 2.01. The number of hydrogen-bond donors (Lipinski definition) is 2. The molecule has 11 heavy (non-hydrogen) atoms. The van der Waals surface area contributed by atoms with Gasteiger partial charge in [-0.1, -0.05) is 6.58 Å². The minimum Gasteiger partial charge on any atom is -0.366 e. The number of carbonyl (C=O) groups excluding carboxylic acids is 2. The summed E-state index contributed by atoms with van der Waals surface area (Å²) in [6.45, 7) is 4.80. The van der Waals surface area contributed by atoms with E-state index in [1.165, 1.54) is 13.0 Å². The van der Waals surface area contributed by atoms with Crippen LogP contribution in [-0.2, 0) is 9.59 Å². The predicted molar refractivity (Wildman–Crippen MR) is 41.3 cm³/mol. The molecular formula is C7H10N2O2. The molecule has 0 atom stereocenters. The molecular weight excluding hydrogens is 144 g/mol. The van der Waals surface area contributed by atoms with Gasteiger partial charge in [-0.2, -0.15) is 0 Å². The average molecular weight is 154 g/mol. The lowest BCUT2D eigenvalue weighted by molar-refractivity contribution is -0.114. The molecule has 4 heteroatoms. The van der Waals surface area contributed by atoms with Crippen LogP contribution >= 0.6 is 0 Å². The lowest BCUT2D eigenvalue weighted by Gasteiger charge is -1.94. The molecule has 0 aromatic carbocycles. The molecule has 0 rings (SSSR count). The second-order valence-electron chi connectivity index (χ2n) is 2.08. The van der Waals surface area contributed by atoms with Crippen LogP contribution in [0.1, 0.15) is 6.92 Å². The highest BCUT2D eigenvalue weighted by atomic mass is 16.1. The monoisotopic (exact) mass is 154 g/mol. The van der Waals surface area contributed by atoms with Crippen molar-refractivity contribution in [2.45, 2.75) is 6.92 Å². The van der Waals surface area contributed by atoms with Crippen molar-refractivity contribution in [2.75, 3.05) is 0 Å². The number of hydrogen-bond acceptors (Lipinski definition) is 2. The Hall–Kier alpha value is -1.58. The lowest BCUT2D eigenvalue weighted by atomic mass is 10.2. The largest absolute Gasteiger partial charge is 0.366 e. The van der Waals surface area contributed by atoms with Gasteiger partial charge in [0.05, 0.1) is 0 Å². The van der Waals surface area contributed by atoms with E-state index in [0.717, 1.165) is 0 Å². The smallest absolute Gasteiger partial charge is 0.248 e. The van der Waals surface area contributed by atoms with Crippen LogP contribution in [0.3, 0.4) is 0 Å². The lowest BCUT2D eigenvalue weighted by Crippen LogP contribution is -2.15. The van der Waals surface area contributed by atoms with Gasteiger partial charge in [-0.15, -0.1) is 0 Å². The summed E-state index contributed by atoms with van der Waals surface area (Å²) in [6.07, 6.45) is 1.25. The molecule has 0 aliphatic carbocycles. The zero-order chi connectivity index (χ0) is 9.02. The quantitative estimate of drug-likeness (QED) is 0.422. The van der Waals surface area contributed by atoms with Crippen molar-refractivity contribution in [1.82, 2.24) is 0 Å². The van der Waals surface area contributed by atoms with E-state index in [4.69, 9.17) is 11.5 Å². The van der Waals surface area contributed by atoms with Crippen molar-refractivity contribution in [2.24, 2.45) is 11.5 Å². The standard InChI is InChI=1S/C7H10N2O2/c1-4(6(8)10)3-5(2)7(9)11/h3H,1H2,2H3,(H2,8,10)(H2,9,11). The van der Waals surface area contributed by atoms with Gasteiger partial charge in [-0.25, -0.2) is 0 Å². The number of amides is 2. The van der Waals surface area contributed by atoms with E-state index >= 15 is 0 Å². The fourth-order valence-electron chi connectivity index (χ4n) is 0.404. The van der Waals surface area contributed by atoms with E-state index in [9.17, 15) is 9.59 Å². The summed E-state index contributed by atoms with van der Waals surface area (Å²) in [5.41, 5.74) is 10.1. The molecule has 0 heterocycles. The van der Waals surface area contributed by atoms with E-state index in [2.05, 4.69) is 6.58 Å². The van der Waals surface area contributed by atoms with E-state index in [0.29, 0.717) is 0 Å². The third-order valence-electron chi connectivity index (χ3n) is 1.10. The molecule has 0 aliphatic heterocycles. The van der Waals surface area contributed by atoms with Crippen LogP contribution in [0.5, 0.6) is 0 Å². The van der Waals surface area contributed by atoms with Gasteiger partial charge in [0.15, 0.2) is 0 Å². The maximum atomic E-state index is 10.4. The SMILES string of the molecule is C=C(C=C(C)C(N)=O)C(N)=O. The van der Waals surface area contributed by atoms with Gasteiger partial charge in [-0.3, -0.25) is 9.59 Å². The van der Waals surface area contributed by atoms with E-state index < -0.39 is 11.8 Å². The summed E-state index contributed by atoms with van der Waals surface area (Å²) in [7, 11) is 0. The molecule has 0 fully saturated rings. The highest BCUT2D eigenvalue weighted by molar-refractivity contribution is 5.98. The molecule has 0 aromatic rings. The van der Waals surface area contributed by atoms with Crippen LogP contribution in [0.2, 0.25) is 0 Å². The molecule has 0 saturated heterocycles. The van der Waals surface area contributed by atoms with Crippen molar-refractivity contribution >= 4 is 11.8 Å². The zero-order valence-corrected chi connectivity index (χ0v) is 6.26. The first kappa shape index (κ1) is 9.42. The van der Waals surface area contributed by atoms with E-state index in [-0.39, 0.29) is 11.1 Å². The number of rotatable bonds is 3. The van der Waals surface area contributed by atoms with Gasteiger partial charge >= 0.3 is 0 Å². The molecule has 4 nitrogen and oxygen atoms in total. The summed E-state index contributed by atoms with van der Waals surface area (Å²) in [4.78, 5) is 20.8. The molecule has 0 aliphatic rings. The molecule has 0 saturated carbocycles. The van der Waals surface area contributed by atoms with Gasteiger partial charge in [0.25, 0.3) is 0 Å². The number of nitrogens with two attached hydrogens (primary N) is 2. The minimum atomic E-state index is -0.661. The third kappa shape index (κ3) is 3.20. The summed E-state index contributed by atoms with van der Waals surface area (Å²) in [5.74, 6) is -1.25. The molecule has 0 radical (unpaired) electrons. The Bertz CT molecular complexity index is 241. The summed E-state index contributed by atoms with van der Waals surface area (Å²) < 4.78 is 0. The first-order valence-corrected chi connectivity index (χ1v) is 2.92. The van der Waals surface area contributed by atoms with Crippen LogP contribution in [0.25, 0.3) is 0 Å². The first-order valence-electron chi connectivity index (χ1n) is 2.92. The van der Waals surface area contributed by atoms with Crippen molar-refractivity contribution in [1.29, 1.82) is 0 Å². The van der Waals surface area contributed by atoms with Crippen LogP contribution in [-0.4, -0.2) is 11.8 Å². The Morgan fingerprint density at radius 3 is 2.00 bits per heavy atom. The predicted octanol–water partition coefficient (Wildman–Crippen LogP) is -0.540. The maximum absolute atomic E-state index is 10.4. The fraction of sp³-hybridized carbons (Fsp3) is 0.143. The van der Waals surface area contributed by atoms with Crippen LogP contribution < -0.4 is 11.5 Å². The highest BCUT2D eigenvalue weighted by Crippen LogP contribution is 1.97. The molecule has 2 amide bonds. The molecule has 0 aromatic heterocycles. The number of carbonyl (C=O) groups is 2. The first-order chi connectivity index (χ1) is 4.95. The summed E-state index contributed by atoms with van der Waals surface area (Å²) in [5, 5.41) is 0. The Labute approximate surface area is 64.6 Å². The van der Waals surface area contributed by atoms with E-state index in [1.807, 2.05) is 0 Å². The number of primary amides is 2. The second kappa shape index (κ2) is 3.55. The van der Waals surface area contributed by atoms with Gasteiger partial charge in [0.2, 0.25) is 11.8 Å². The second-order valence-corrected chi connectivity index (χ2v) is 2.08. The Balaban J connectivity index is 4.44. The normalized spacial score (nSPS) is 10.8. The van der Waals surface area contributed by atoms with Crippen LogP contribution in [0, 0.1) is 0 Å². The fourth-order valence-corrected chi connectivity index (χ4v) is 0.404. The Kier molecular flexibility index (Phi) is 3.04. The van der Waals surface area contributed by atoms with Crippen LogP contribution in [0.15, 0.2) is 23.8 Å². The van der Waals surface area contributed by atoms with E-state index in [1.54, 1.807) is 0 Å². The topological polar surface area (TPSA) is 86.2 Å². The summed E-state index contributed by atoms with van der Waals surface area (Å²) in [6, 6.07) is 0. The Morgan fingerprint density at radius 1 is 1.27 bits per heavy atom. The zero-order valence-electron chi connectivity index (χ0n) is 6.26. The van der Waals surface area contributed by atoms with Gasteiger partial charge < -0.3 is 11.5 Å². The van der Waals surface area contributed by atoms with Gasteiger partial charge in [0.1, 0.15) is 0 Å². The van der Waals surface area contributed by atoms with Crippen molar-refractivity contribution in [3.63, 3.8) is 0 Å². The van der Waals surface area contributed by atoms with Crippen molar-refractivity contribution < 1.29 is 9.59 Å². The van der Waals surface area contributed by atoms with Crippen molar-refractivity contribution in [3.05, 3.63) is 23.8 Å². The molecule has 0 bridgehead atoms. The Morgan fingerprint density at radius 2 is 1.73 bits per heavy atom.